The lowest BCUT2D eigenvalue weighted by Crippen LogP contribution is -2.28. The van der Waals surface area contributed by atoms with Crippen molar-refractivity contribution in [3.63, 3.8) is 0 Å². The molecule has 19 heavy (non-hydrogen) atoms. The van der Waals surface area contributed by atoms with Gasteiger partial charge in [0.25, 0.3) is 0 Å². The summed E-state index contributed by atoms with van der Waals surface area (Å²) in [5.41, 5.74) is 0.240. The van der Waals surface area contributed by atoms with Gasteiger partial charge in [0.05, 0.1) is 12.7 Å². The van der Waals surface area contributed by atoms with Gasteiger partial charge in [-0.25, -0.2) is 4.79 Å². The van der Waals surface area contributed by atoms with Crippen LogP contribution in [0.4, 0.5) is 0 Å². The molecule has 2 rings (SSSR count). The highest BCUT2D eigenvalue weighted by molar-refractivity contribution is 9.11. The molecular formula is C11H13BrN2O4S. The van der Waals surface area contributed by atoms with Gasteiger partial charge in [-0.2, -0.15) is 0 Å². The molecule has 0 bridgehead atoms. The van der Waals surface area contributed by atoms with Crippen LogP contribution in [0.1, 0.15) is 18.2 Å². The third-order valence-electron chi connectivity index (χ3n) is 2.93. The van der Waals surface area contributed by atoms with Crippen molar-refractivity contribution in [1.29, 1.82) is 0 Å². The number of nitrogens with one attached hydrogen (secondary N) is 1. The third kappa shape index (κ3) is 3.03. The second-order valence-electron chi connectivity index (χ2n) is 4.16. The number of hydrogen-bond acceptors (Lipinski definition) is 5. The molecule has 1 saturated heterocycles. The Hall–Kier alpha value is -0.800. The zero-order chi connectivity index (χ0) is 14.0. The minimum Gasteiger partial charge on any atom is -0.394 e. The summed E-state index contributed by atoms with van der Waals surface area (Å²) in [6.07, 6.45) is 1.43. The van der Waals surface area contributed by atoms with E-state index in [4.69, 9.17) is 22.1 Å². The summed E-state index contributed by atoms with van der Waals surface area (Å²) < 4.78 is 7.09. The smallest absolute Gasteiger partial charge is 0.328 e. The van der Waals surface area contributed by atoms with Gasteiger partial charge in [-0.05, 0) is 11.1 Å². The van der Waals surface area contributed by atoms with E-state index in [9.17, 15) is 9.90 Å². The molecule has 3 atom stereocenters. The van der Waals surface area contributed by atoms with E-state index in [1.165, 1.54) is 4.57 Å². The van der Waals surface area contributed by atoms with Crippen LogP contribution < -0.4 is 5.69 Å². The first-order chi connectivity index (χ1) is 9.06. The Morgan fingerprint density at radius 2 is 2.42 bits per heavy atom. The van der Waals surface area contributed by atoms with Crippen molar-refractivity contribution in [1.82, 2.24) is 9.55 Å². The largest absolute Gasteiger partial charge is 0.394 e. The monoisotopic (exact) mass is 348 g/mol. The second-order valence-corrected chi connectivity index (χ2v) is 5.10. The molecule has 6 nitrogen and oxygen atoms in total. The highest BCUT2D eigenvalue weighted by Crippen LogP contribution is 2.27. The van der Waals surface area contributed by atoms with Crippen LogP contribution >= 0.6 is 28.1 Å². The SMILES string of the molecule is O=c1[nH]c(=S)c(/C=C/Br)cn1[C@H]1CC(O)[C@@H](CO)O1. The van der Waals surface area contributed by atoms with Gasteiger partial charge in [0.2, 0.25) is 0 Å². The summed E-state index contributed by atoms with van der Waals surface area (Å²) in [6, 6.07) is 0. The van der Waals surface area contributed by atoms with Crippen LogP contribution in [-0.4, -0.2) is 38.6 Å². The van der Waals surface area contributed by atoms with E-state index in [2.05, 4.69) is 20.9 Å². The van der Waals surface area contributed by atoms with Gasteiger partial charge >= 0.3 is 5.69 Å². The molecule has 0 aromatic carbocycles. The Bertz CT molecular complexity index is 597. The van der Waals surface area contributed by atoms with Crippen molar-refractivity contribution in [2.45, 2.75) is 24.9 Å². The van der Waals surface area contributed by atoms with Crippen molar-refractivity contribution in [2.75, 3.05) is 6.61 Å². The van der Waals surface area contributed by atoms with Crippen molar-refractivity contribution in [2.24, 2.45) is 0 Å². The molecule has 0 aliphatic carbocycles. The summed E-state index contributed by atoms with van der Waals surface area (Å²) in [4.78, 5) is 16.0. The Balaban J connectivity index is 2.38. The number of aliphatic hydroxyl groups is 2. The lowest BCUT2D eigenvalue weighted by Gasteiger charge is -2.15. The lowest BCUT2D eigenvalue weighted by atomic mass is 10.2. The quantitative estimate of drug-likeness (QED) is 0.707. The number of aromatic nitrogens is 2. The molecule has 0 saturated carbocycles. The molecule has 104 valence electrons. The van der Waals surface area contributed by atoms with E-state index in [-0.39, 0.29) is 13.0 Å². The molecule has 2 heterocycles. The summed E-state index contributed by atoms with van der Waals surface area (Å²) in [7, 11) is 0. The average Bonchev–Trinajstić information content (AvgIpc) is 2.74. The molecule has 3 N–H and O–H groups in total. The first-order valence-electron chi connectivity index (χ1n) is 5.63. The fourth-order valence-corrected chi connectivity index (χ4v) is 2.44. The predicted octanol–water partition coefficient (Wildman–Crippen LogP) is 0.912. The molecule has 1 aliphatic rings. The Labute approximate surface area is 122 Å². The van der Waals surface area contributed by atoms with Gasteiger partial charge in [0.15, 0.2) is 0 Å². The number of halogens is 1. The molecule has 1 unspecified atom stereocenters. The predicted molar refractivity (Wildman–Crippen MR) is 75.5 cm³/mol. The second kappa shape index (κ2) is 6.10. The standard InChI is InChI=1S/C11H13BrN2O4S/c12-2-1-6-4-14(11(17)13-10(6)19)9-3-7(16)8(5-15)18-9/h1-2,4,7-9,15-16H,3,5H2,(H,13,17,19)/b2-1+/t7?,8-,9-/m1/s1. The van der Waals surface area contributed by atoms with E-state index in [1.54, 1.807) is 17.3 Å². The first kappa shape index (κ1) is 14.6. The van der Waals surface area contributed by atoms with Gasteiger partial charge in [0, 0.05) is 18.2 Å². The van der Waals surface area contributed by atoms with Crippen LogP contribution in [0.2, 0.25) is 0 Å². The number of aromatic amines is 1. The lowest BCUT2D eigenvalue weighted by molar-refractivity contribution is -0.0459. The number of nitrogens with zero attached hydrogens (tertiary/aromatic N) is 1. The van der Waals surface area contributed by atoms with Crippen molar-refractivity contribution < 1.29 is 14.9 Å². The molecular weight excluding hydrogens is 336 g/mol. The van der Waals surface area contributed by atoms with E-state index >= 15 is 0 Å². The fraction of sp³-hybridized carbons (Fsp3) is 0.455. The van der Waals surface area contributed by atoms with Gasteiger partial charge in [-0.1, -0.05) is 28.1 Å². The average molecular weight is 349 g/mol. The number of aliphatic hydroxyl groups excluding tert-OH is 2. The van der Waals surface area contributed by atoms with E-state index < -0.39 is 24.1 Å². The fourth-order valence-electron chi connectivity index (χ4n) is 1.95. The summed E-state index contributed by atoms with van der Waals surface area (Å²) in [6.45, 7) is -0.288. The van der Waals surface area contributed by atoms with Crippen LogP contribution in [0.15, 0.2) is 16.0 Å². The molecule has 1 fully saturated rings. The minimum atomic E-state index is -0.791. The summed E-state index contributed by atoms with van der Waals surface area (Å²) >= 11 is 8.18. The zero-order valence-corrected chi connectivity index (χ0v) is 12.2. The number of rotatable bonds is 3. The Kier molecular flexibility index (Phi) is 4.69. The third-order valence-corrected chi connectivity index (χ3v) is 3.53. The van der Waals surface area contributed by atoms with Crippen LogP contribution in [-0.2, 0) is 4.74 Å². The van der Waals surface area contributed by atoms with E-state index in [0.717, 1.165) is 0 Å². The van der Waals surface area contributed by atoms with Gasteiger partial charge in [-0.15, -0.1) is 0 Å². The van der Waals surface area contributed by atoms with Gasteiger partial charge in [0.1, 0.15) is 17.0 Å². The van der Waals surface area contributed by atoms with Crippen LogP contribution in [0.25, 0.3) is 6.08 Å². The normalized spacial score (nSPS) is 27.2. The molecule has 0 radical (unpaired) electrons. The Morgan fingerprint density at radius 3 is 3.00 bits per heavy atom. The topological polar surface area (TPSA) is 87.5 Å². The molecule has 1 aromatic heterocycles. The molecule has 8 heteroatoms. The minimum absolute atomic E-state index is 0.243. The molecule has 1 aromatic rings. The van der Waals surface area contributed by atoms with Gasteiger partial charge in [-0.3, -0.25) is 9.55 Å². The number of hydrogen-bond donors (Lipinski definition) is 3. The molecule has 0 spiro atoms. The van der Waals surface area contributed by atoms with Gasteiger partial charge < -0.3 is 14.9 Å². The highest BCUT2D eigenvalue weighted by atomic mass is 79.9. The molecule has 0 amide bonds. The van der Waals surface area contributed by atoms with Crippen molar-refractivity contribution >= 4 is 34.2 Å². The first-order valence-corrected chi connectivity index (χ1v) is 6.95. The van der Waals surface area contributed by atoms with Crippen LogP contribution in [0.5, 0.6) is 0 Å². The van der Waals surface area contributed by atoms with E-state index in [0.29, 0.717) is 10.2 Å². The number of ether oxygens (including phenoxy) is 1. The van der Waals surface area contributed by atoms with Crippen LogP contribution in [0.3, 0.4) is 0 Å². The summed E-state index contributed by atoms with van der Waals surface area (Å²) in [5, 5.41) is 18.7. The number of H-pyrrole nitrogens is 1. The summed E-state index contributed by atoms with van der Waals surface area (Å²) in [5.74, 6) is 0. The Morgan fingerprint density at radius 1 is 1.68 bits per heavy atom. The van der Waals surface area contributed by atoms with Crippen molar-refractivity contribution in [3.8, 4) is 0 Å². The maximum absolute atomic E-state index is 11.9. The highest BCUT2D eigenvalue weighted by Gasteiger charge is 2.34. The maximum atomic E-state index is 11.9. The van der Waals surface area contributed by atoms with Crippen molar-refractivity contribution in [3.05, 3.63) is 31.9 Å². The van der Waals surface area contributed by atoms with Crippen LogP contribution in [0, 0.1) is 4.64 Å². The zero-order valence-electron chi connectivity index (χ0n) is 9.82. The maximum Gasteiger partial charge on any atom is 0.328 e. The molecule has 1 aliphatic heterocycles. The van der Waals surface area contributed by atoms with E-state index in [1.807, 2.05) is 0 Å².